The number of hydrogen-bond donors (Lipinski definition) is 1. The molecule has 232 valence electrons. The summed E-state index contributed by atoms with van der Waals surface area (Å²) in [6, 6.07) is 2.14. The van der Waals surface area contributed by atoms with Crippen LogP contribution in [0.1, 0.15) is 46.5 Å². The summed E-state index contributed by atoms with van der Waals surface area (Å²) < 4.78 is 91.5. The Kier molecular flexibility index (Phi) is 5.72. The molecule has 2 aliphatic carbocycles. The molecule has 11 atom stereocenters. The molecule has 0 saturated carbocycles. The number of aliphatic hydroxyl groups is 1. The van der Waals surface area contributed by atoms with E-state index in [1.54, 1.807) is 12.1 Å². The number of carbonyl (C=O) groups excluding carboxylic acids is 4. The van der Waals surface area contributed by atoms with Crippen LogP contribution in [0.2, 0.25) is 0 Å². The number of hydrogen-bond acceptors (Lipinski definition) is 13. The quantitative estimate of drug-likeness (QED) is 0.272. The highest BCUT2D eigenvalue weighted by molar-refractivity contribution is 5.77. The third kappa shape index (κ3) is 4.64. The lowest BCUT2D eigenvalue weighted by atomic mass is 9.53. The number of methoxy groups -OCH3 is 1. The number of rotatable bonds is 6. The Balaban J connectivity index is 1.49. The average Bonchev–Trinajstić information content (AvgIpc) is 3.38. The SMILES string of the molecule is [2H][C@H]1N(C([2H])([2H])[2H])[C@@H]2Cc3ccc(O[C@@H]4O[C@H](C(=O)OC)[C@@H](OC(C)=O)[C@H](OC(C)=O)[C@H]4OC(C)=O)c4c3[C@@]3(C2C=C[C@H](O)[C@@H]3O4)C1([2H])[2H]. The van der Waals surface area contributed by atoms with Gasteiger partial charge in [-0.2, -0.15) is 0 Å². The van der Waals surface area contributed by atoms with Crippen molar-refractivity contribution in [2.75, 3.05) is 20.6 Å². The Hall–Kier alpha value is -3.68. The highest BCUT2D eigenvalue weighted by Gasteiger charge is 2.64. The van der Waals surface area contributed by atoms with Crippen molar-refractivity contribution in [3.05, 3.63) is 35.4 Å². The second-order valence-electron chi connectivity index (χ2n) is 11.0. The third-order valence-corrected chi connectivity index (χ3v) is 8.39. The number of likely N-dealkylation sites (tertiary alicyclic amines) is 1. The van der Waals surface area contributed by atoms with Gasteiger partial charge in [-0.05, 0) is 37.9 Å². The molecule has 2 saturated heterocycles. The van der Waals surface area contributed by atoms with Crippen LogP contribution in [0.25, 0.3) is 0 Å². The second kappa shape index (κ2) is 10.8. The number of ether oxygens (including phenoxy) is 7. The first kappa shape index (κ1) is 22.8. The van der Waals surface area contributed by atoms with E-state index in [0.29, 0.717) is 5.56 Å². The van der Waals surface area contributed by atoms with Gasteiger partial charge in [-0.25, -0.2) is 4.79 Å². The summed E-state index contributed by atoms with van der Waals surface area (Å²) in [7, 11) is 1.04. The zero-order chi connectivity index (χ0) is 36.0. The number of piperidine rings is 1. The lowest BCUT2D eigenvalue weighted by Crippen LogP contribution is -2.64. The summed E-state index contributed by atoms with van der Waals surface area (Å²) in [5.74, 6) is -4.71. The van der Waals surface area contributed by atoms with Gasteiger partial charge in [0.1, 0.15) is 12.2 Å². The summed E-state index contributed by atoms with van der Waals surface area (Å²) in [5.41, 5.74) is -0.967. The largest absolute Gasteiger partial charge is 0.482 e. The van der Waals surface area contributed by atoms with Crippen molar-refractivity contribution in [2.24, 2.45) is 5.92 Å². The minimum atomic E-state index is -2.81. The van der Waals surface area contributed by atoms with Crippen LogP contribution < -0.4 is 9.47 Å². The van der Waals surface area contributed by atoms with Crippen LogP contribution in [-0.4, -0.2) is 103 Å². The fraction of sp³-hybridized carbons (Fsp3) is 0.600. The van der Waals surface area contributed by atoms with E-state index in [9.17, 15) is 27.0 Å². The van der Waals surface area contributed by atoms with Crippen LogP contribution in [0, 0.1) is 5.92 Å². The minimum Gasteiger partial charge on any atom is -0.482 e. The molecule has 3 heterocycles. The zero-order valence-corrected chi connectivity index (χ0v) is 23.7. The normalized spacial score (nSPS) is 42.2. The Morgan fingerprint density at radius 3 is 2.42 bits per heavy atom. The third-order valence-electron chi connectivity index (χ3n) is 8.39. The fourth-order valence-corrected chi connectivity index (χ4v) is 6.86. The molecule has 5 aliphatic rings. The zero-order valence-electron chi connectivity index (χ0n) is 29.7. The van der Waals surface area contributed by atoms with Gasteiger partial charge in [0.05, 0.1) is 7.11 Å². The van der Waals surface area contributed by atoms with Crippen molar-refractivity contribution in [1.29, 1.82) is 0 Å². The van der Waals surface area contributed by atoms with Crippen LogP contribution in [0.4, 0.5) is 0 Å². The van der Waals surface area contributed by atoms with E-state index in [1.165, 1.54) is 12.1 Å². The lowest BCUT2D eigenvalue weighted by Gasteiger charge is -2.56. The lowest BCUT2D eigenvalue weighted by molar-refractivity contribution is -0.282. The molecule has 1 aromatic rings. The molecule has 2 fully saturated rings. The number of aliphatic hydroxyl groups excluding tert-OH is 1. The molecule has 0 amide bonds. The molecule has 0 aromatic heterocycles. The smallest absolute Gasteiger partial charge is 0.339 e. The molecule has 1 unspecified atom stereocenters. The van der Waals surface area contributed by atoms with Gasteiger partial charge in [-0.15, -0.1) is 0 Å². The van der Waals surface area contributed by atoms with Gasteiger partial charge in [-0.1, -0.05) is 18.2 Å². The van der Waals surface area contributed by atoms with Crippen molar-refractivity contribution in [3.63, 3.8) is 0 Å². The first-order valence-corrected chi connectivity index (χ1v) is 13.7. The molecular weight excluding hydrogens is 566 g/mol. The molecule has 1 aromatic carbocycles. The van der Waals surface area contributed by atoms with E-state index in [1.807, 2.05) is 0 Å². The number of esters is 4. The van der Waals surface area contributed by atoms with Gasteiger partial charge in [0.25, 0.3) is 0 Å². The number of nitrogens with zero attached hydrogens (tertiary/aromatic N) is 1. The van der Waals surface area contributed by atoms with E-state index in [4.69, 9.17) is 38.6 Å². The molecule has 1 N–H and O–H groups in total. The summed E-state index contributed by atoms with van der Waals surface area (Å²) in [6.07, 6.45) is -10.6. The molecule has 2 bridgehead atoms. The van der Waals surface area contributed by atoms with Gasteiger partial charge in [0.2, 0.25) is 12.4 Å². The maximum absolute atomic E-state index is 12.9. The van der Waals surface area contributed by atoms with Gasteiger partial charge >= 0.3 is 23.9 Å². The maximum atomic E-state index is 12.9. The number of likely N-dealkylation sites (N-methyl/N-ethyl adjacent to an activating group) is 1. The van der Waals surface area contributed by atoms with Crippen LogP contribution in [-0.2, 0) is 54.7 Å². The van der Waals surface area contributed by atoms with E-state index in [0.717, 1.165) is 32.8 Å². The Labute approximate surface area is 256 Å². The summed E-state index contributed by atoms with van der Waals surface area (Å²) in [5, 5.41) is 11.2. The average molecular weight is 608 g/mol. The van der Waals surface area contributed by atoms with Gasteiger partial charge in [0, 0.05) is 51.9 Å². The van der Waals surface area contributed by atoms with Gasteiger partial charge < -0.3 is 43.2 Å². The van der Waals surface area contributed by atoms with E-state index >= 15 is 0 Å². The predicted octanol–water partition coefficient (Wildman–Crippen LogP) is 0.564. The Bertz CT molecular complexity index is 1600. The van der Waals surface area contributed by atoms with Crippen LogP contribution in [0.15, 0.2) is 24.3 Å². The second-order valence-corrected chi connectivity index (χ2v) is 11.0. The number of carbonyl (C=O) groups is 4. The molecule has 3 aliphatic heterocycles. The predicted molar refractivity (Wildman–Crippen MR) is 144 cm³/mol. The van der Waals surface area contributed by atoms with Crippen molar-refractivity contribution in [2.45, 2.75) is 87.9 Å². The molecule has 43 heavy (non-hydrogen) atoms. The van der Waals surface area contributed by atoms with E-state index in [-0.39, 0.29) is 23.5 Å². The van der Waals surface area contributed by atoms with E-state index in [2.05, 4.69) is 0 Å². The highest BCUT2D eigenvalue weighted by Crippen LogP contribution is 2.62. The maximum Gasteiger partial charge on any atom is 0.339 e. The summed E-state index contributed by atoms with van der Waals surface area (Å²) in [6.45, 7) is -1.56. The first-order chi connectivity index (χ1) is 22.9. The van der Waals surface area contributed by atoms with Crippen molar-refractivity contribution < 1.29 is 65.7 Å². The van der Waals surface area contributed by atoms with E-state index < -0.39 is 104 Å². The van der Waals surface area contributed by atoms with Gasteiger partial charge in [-0.3, -0.25) is 14.4 Å². The summed E-state index contributed by atoms with van der Waals surface area (Å²) in [4.78, 5) is 50.4. The number of benzene rings is 1. The van der Waals surface area contributed by atoms with Crippen molar-refractivity contribution in [1.82, 2.24) is 4.90 Å². The molecule has 6 rings (SSSR count). The van der Waals surface area contributed by atoms with Crippen LogP contribution >= 0.6 is 0 Å². The molecule has 1 spiro atoms. The summed E-state index contributed by atoms with van der Waals surface area (Å²) >= 11 is 0. The van der Waals surface area contributed by atoms with Crippen LogP contribution in [0.3, 0.4) is 0 Å². The fourth-order valence-electron chi connectivity index (χ4n) is 6.86. The topological polar surface area (TPSA) is 156 Å². The monoisotopic (exact) mass is 607 g/mol. The molecular formula is C30H35NO12. The van der Waals surface area contributed by atoms with Crippen molar-refractivity contribution in [3.8, 4) is 11.5 Å². The molecule has 13 heteroatoms. The Morgan fingerprint density at radius 1 is 1.05 bits per heavy atom. The minimum absolute atomic E-state index is 0.0435. The standard InChI is InChI=1S/C30H35NO12/c1-13(32)38-23-24(39-14(2)33)26(40-15(3)34)29(43-25(23)28(36)37-5)41-20-9-6-16-12-18-17-7-8-19(35)27-30(17,10-11-31(18)4)21(16)22(20)42-27/h6-9,17-19,23-27,29,35H,10-12H2,1-5H3/t17?,18-,19+,23+,24+,25+,26-,27+,29-,30+/m1/s1/i4D3,10D2,11D/t11-,17?,18-,19+,23+,24+,25+,26-,27+,29-,30+. The van der Waals surface area contributed by atoms with Crippen molar-refractivity contribution >= 4 is 23.9 Å². The highest BCUT2D eigenvalue weighted by atomic mass is 16.7. The molecule has 13 nitrogen and oxygen atoms in total. The first-order valence-electron chi connectivity index (χ1n) is 16.8. The van der Waals surface area contributed by atoms with Crippen LogP contribution in [0.5, 0.6) is 11.5 Å². The Morgan fingerprint density at radius 2 is 1.74 bits per heavy atom. The van der Waals surface area contributed by atoms with Gasteiger partial charge in [0.15, 0.2) is 29.8 Å². The molecule has 0 radical (unpaired) electrons.